The van der Waals surface area contributed by atoms with Gasteiger partial charge in [0.2, 0.25) is 0 Å². The summed E-state index contributed by atoms with van der Waals surface area (Å²) in [5.74, 6) is 0.838. The van der Waals surface area contributed by atoms with E-state index in [1.807, 2.05) is 19.2 Å². The second-order valence-electron chi connectivity index (χ2n) is 5.30. The van der Waals surface area contributed by atoms with E-state index in [0.29, 0.717) is 0 Å². The molecule has 100 valence electrons. The van der Waals surface area contributed by atoms with Crippen LogP contribution in [-0.4, -0.2) is 20.1 Å². The second kappa shape index (κ2) is 6.44. The van der Waals surface area contributed by atoms with Gasteiger partial charge in [-0.2, -0.15) is 0 Å². The number of hydrogen-bond donors (Lipinski definition) is 1. The summed E-state index contributed by atoms with van der Waals surface area (Å²) in [5, 5.41) is 4.12. The third-order valence-electron chi connectivity index (χ3n) is 3.77. The van der Waals surface area contributed by atoms with E-state index < -0.39 is 0 Å². The largest absolute Gasteiger partial charge is 0.370 e. The normalized spacial score (nSPS) is 20.8. The molecule has 2 rings (SSSR count). The minimum absolute atomic E-state index is 0.838. The molecule has 0 amide bonds. The molecule has 1 atom stereocenters. The van der Waals surface area contributed by atoms with Gasteiger partial charge in [0.25, 0.3) is 0 Å². The Morgan fingerprint density at radius 3 is 2.94 bits per heavy atom. The second-order valence-corrected chi connectivity index (χ2v) is 5.71. The van der Waals surface area contributed by atoms with Gasteiger partial charge >= 0.3 is 0 Å². The lowest BCUT2D eigenvalue weighted by Crippen LogP contribution is -2.26. The first-order valence-electron chi connectivity index (χ1n) is 6.89. The Balaban J connectivity index is 2.25. The van der Waals surface area contributed by atoms with Crippen LogP contribution in [0.25, 0.3) is 0 Å². The van der Waals surface area contributed by atoms with Crippen LogP contribution in [-0.2, 0) is 6.54 Å². The van der Waals surface area contributed by atoms with Crippen molar-refractivity contribution in [2.45, 2.75) is 32.7 Å². The van der Waals surface area contributed by atoms with E-state index in [-0.39, 0.29) is 0 Å². The molecule has 1 saturated heterocycles. The van der Waals surface area contributed by atoms with Crippen LogP contribution >= 0.6 is 11.6 Å². The van der Waals surface area contributed by atoms with Gasteiger partial charge in [0, 0.05) is 19.6 Å². The van der Waals surface area contributed by atoms with Gasteiger partial charge in [-0.1, -0.05) is 30.7 Å². The highest BCUT2D eigenvalue weighted by Crippen LogP contribution is 2.32. The van der Waals surface area contributed by atoms with Gasteiger partial charge in [0.15, 0.2) is 0 Å². The van der Waals surface area contributed by atoms with E-state index in [1.165, 1.54) is 30.5 Å². The highest BCUT2D eigenvalue weighted by Gasteiger charge is 2.18. The standard InChI is InChI=1S/C15H23ClN2/c1-12-5-4-9-18(10-8-12)15-13(11-17-2)6-3-7-14(15)16/h3,6-7,12,17H,4-5,8-11H2,1-2H3. The van der Waals surface area contributed by atoms with E-state index in [9.17, 15) is 0 Å². The van der Waals surface area contributed by atoms with Gasteiger partial charge < -0.3 is 10.2 Å². The van der Waals surface area contributed by atoms with E-state index in [2.05, 4.69) is 23.2 Å². The maximum atomic E-state index is 6.42. The summed E-state index contributed by atoms with van der Waals surface area (Å²) in [6, 6.07) is 6.22. The lowest BCUT2D eigenvalue weighted by molar-refractivity contribution is 0.521. The van der Waals surface area contributed by atoms with Crippen molar-refractivity contribution in [1.29, 1.82) is 0 Å². The Hall–Kier alpha value is -0.730. The molecule has 0 spiro atoms. The Kier molecular flexibility index (Phi) is 4.90. The van der Waals surface area contributed by atoms with Gasteiger partial charge in [-0.3, -0.25) is 0 Å². The van der Waals surface area contributed by atoms with Crippen LogP contribution < -0.4 is 10.2 Å². The lowest BCUT2D eigenvalue weighted by atomic mass is 10.0. The SMILES string of the molecule is CNCc1cccc(Cl)c1N1CCCC(C)CC1. The molecule has 1 heterocycles. The first-order valence-corrected chi connectivity index (χ1v) is 7.27. The van der Waals surface area contributed by atoms with Crippen molar-refractivity contribution in [3.63, 3.8) is 0 Å². The molecular weight excluding hydrogens is 244 g/mol. The molecule has 3 heteroatoms. The third-order valence-corrected chi connectivity index (χ3v) is 4.08. The predicted molar refractivity (Wildman–Crippen MR) is 79.4 cm³/mol. The minimum atomic E-state index is 0.838. The van der Waals surface area contributed by atoms with Crippen molar-refractivity contribution >= 4 is 17.3 Å². The summed E-state index contributed by atoms with van der Waals surface area (Å²) >= 11 is 6.42. The highest BCUT2D eigenvalue weighted by atomic mass is 35.5. The molecule has 1 aromatic carbocycles. The maximum Gasteiger partial charge on any atom is 0.0642 e. The van der Waals surface area contributed by atoms with Gasteiger partial charge in [-0.25, -0.2) is 0 Å². The number of nitrogens with one attached hydrogen (secondary N) is 1. The van der Waals surface area contributed by atoms with Crippen LogP contribution in [0.2, 0.25) is 5.02 Å². The van der Waals surface area contributed by atoms with Gasteiger partial charge in [0.05, 0.1) is 10.7 Å². The van der Waals surface area contributed by atoms with Crippen molar-refractivity contribution in [3.05, 3.63) is 28.8 Å². The van der Waals surface area contributed by atoms with E-state index in [1.54, 1.807) is 0 Å². The number of anilines is 1. The molecule has 0 aromatic heterocycles. The average molecular weight is 267 g/mol. The fourth-order valence-corrected chi connectivity index (χ4v) is 3.05. The Morgan fingerprint density at radius 2 is 2.17 bits per heavy atom. The molecule has 0 radical (unpaired) electrons. The molecule has 1 fully saturated rings. The molecule has 0 aliphatic carbocycles. The maximum absolute atomic E-state index is 6.42. The fraction of sp³-hybridized carbons (Fsp3) is 0.600. The van der Waals surface area contributed by atoms with E-state index in [0.717, 1.165) is 30.6 Å². The van der Waals surface area contributed by atoms with Crippen LogP contribution in [0.15, 0.2) is 18.2 Å². The van der Waals surface area contributed by atoms with Crippen LogP contribution in [0.3, 0.4) is 0 Å². The fourth-order valence-electron chi connectivity index (χ4n) is 2.73. The molecule has 0 saturated carbocycles. The molecule has 1 N–H and O–H groups in total. The Bertz CT molecular complexity index is 392. The monoisotopic (exact) mass is 266 g/mol. The lowest BCUT2D eigenvalue weighted by Gasteiger charge is -2.26. The Labute approximate surface area is 115 Å². The third kappa shape index (κ3) is 3.18. The number of hydrogen-bond acceptors (Lipinski definition) is 2. The van der Waals surface area contributed by atoms with E-state index >= 15 is 0 Å². The quantitative estimate of drug-likeness (QED) is 0.898. The topological polar surface area (TPSA) is 15.3 Å². The molecule has 2 nitrogen and oxygen atoms in total. The predicted octanol–water partition coefficient (Wildman–Crippen LogP) is 3.69. The van der Waals surface area contributed by atoms with Gasteiger partial charge in [-0.15, -0.1) is 0 Å². The summed E-state index contributed by atoms with van der Waals surface area (Å²) in [4.78, 5) is 2.47. The summed E-state index contributed by atoms with van der Waals surface area (Å²) < 4.78 is 0. The summed E-state index contributed by atoms with van der Waals surface area (Å²) in [6.45, 7) is 5.49. The van der Waals surface area contributed by atoms with Crippen molar-refractivity contribution in [2.75, 3.05) is 25.0 Å². The highest BCUT2D eigenvalue weighted by molar-refractivity contribution is 6.33. The van der Waals surface area contributed by atoms with Crippen molar-refractivity contribution in [2.24, 2.45) is 5.92 Å². The molecule has 1 unspecified atom stereocenters. The smallest absolute Gasteiger partial charge is 0.0642 e. The number of benzene rings is 1. The first kappa shape index (κ1) is 13.7. The van der Waals surface area contributed by atoms with Crippen molar-refractivity contribution in [1.82, 2.24) is 5.32 Å². The zero-order chi connectivity index (χ0) is 13.0. The van der Waals surface area contributed by atoms with Crippen molar-refractivity contribution < 1.29 is 0 Å². The molecule has 1 aromatic rings. The molecule has 18 heavy (non-hydrogen) atoms. The number of halogens is 1. The summed E-state index contributed by atoms with van der Waals surface area (Å²) in [5.41, 5.74) is 2.54. The van der Waals surface area contributed by atoms with Crippen LogP contribution in [0.5, 0.6) is 0 Å². The molecule has 0 bridgehead atoms. The number of nitrogens with zero attached hydrogens (tertiary/aromatic N) is 1. The van der Waals surface area contributed by atoms with Gasteiger partial charge in [0.1, 0.15) is 0 Å². The zero-order valence-corrected chi connectivity index (χ0v) is 12.1. The van der Waals surface area contributed by atoms with Gasteiger partial charge in [-0.05, 0) is 43.9 Å². The van der Waals surface area contributed by atoms with Crippen LogP contribution in [0, 0.1) is 5.92 Å². The number of rotatable bonds is 3. The van der Waals surface area contributed by atoms with Crippen LogP contribution in [0.4, 0.5) is 5.69 Å². The average Bonchev–Trinajstić information content (AvgIpc) is 2.55. The van der Waals surface area contributed by atoms with Crippen molar-refractivity contribution in [3.8, 4) is 0 Å². The molecule has 1 aliphatic heterocycles. The molecular formula is C15H23ClN2. The Morgan fingerprint density at radius 1 is 1.33 bits per heavy atom. The van der Waals surface area contributed by atoms with Crippen LogP contribution in [0.1, 0.15) is 31.7 Å². The molecule has 1 aliphatic rings. The summed E-state index contributed by atoms with van der Waals surface area (Å²) in [7, 11) is 1.98. The summed E-state index contributed by atoms with van der Waals surface area (Å²) in [6.07, 6.45) is 3.87. The van der Waals surface area contributed by atoms with E-state index in [4.69, 9.17) is 11.6 Å². The number of para-hydroxylation sites is 1. The first-order chi connectivity index (χ1) is 8.72. The minimum Gasteiger partial charge on any atom is -0.370 e. The zero-order valence-electron chi connectivity index (χ0n) is 11.4.